The van der Waals surface area contributed by atoms with Crippen molar-refractivity contribution in [3.05, 3.63) is 23.9 Å². The highest BCUT2D eigenvalue weighted by atomic mass is 32.1. The molecule has 5 heteroatoms. The molecule has 0 aliphatic heterocycles. The zero-order valence-corrected chi connectivity index (χ0v) is 10.4. The molecule has 1 rings (SSSR count). The number of nitrogens with one attached hydrogen (secondary N) is 1. The Morgan fingerprint density at radius 3 is 3.06 bits per heavy atom. The minimum atomic E-state index is 0.203. The third-order valence-corrected chi connectivity index (χ3v) is 2.25. The van der Waals surface area contributed by atoms with Crippen LogP contribution >= 0.6 is 12.2 Å². The average Bonchev–Trinajstić information content (AvgIpc) is 2.26. The molecule has 16 heavy (non-hydrogen) atoms. The molecular weight excluding hydrogens is 222 g/mol. The summed E-state index contributed by atoms with van der Waals surface area (Å²) >= 11 is 4.90. The highest BCUT2D eigenvalue weighted by Gasteiger charge is 2.04. The van der Waals surface area contributed by atoms with Crippen molar-refractivity contribution >= 4 is 23.0 Å². The number of aromatic nitrogens is 1. The molecule has 0 aliphatic rings. The van der Waals surface area contributed by atoms with Crippen molar-refractivity contribution in [2.45, 2.75) is 19.9 Å². The first kappa shape index (κ1) is 12.9. The molecule has 0 amide bonds. The minimum absolute atomic E-state index is 0.203. The van der Waals surface area contributed by atoms with Gasteiger partial charge in [0.15, 0.2) is 0 Å². The summed E-state index contributed by atoms with van der Waals surface area (Å²) < 4.78 is 5.30. The van der Waals surface area contributed by atoms with Gasteiger partial charge in [-0.1, -0.05) is 12.2 Å². The number of pyridine rings is 1. The lowest BCUT2D eigenvalue weighted by Crippen LogP contribution is -2.22. The normalized spacial score (nSPS) is 12.1. The monoisotopic (exact) mass is 239 g/mol. The molecule has 0 aromatic carbocycles. The van der Waals surface area contributed by atoms with Crippen LogP contribution in [-0.2, 0) is 4.74 Å². The fourth-order valence-electron chi connectivity index (χ4n) is 1.25. The van der Waals surface area contributed by atoms with Crippen molar-refractivity contribution < 1.29 is 4.74 Å². The van der Waals surface area contributed by atoms with Gasteiger partial charge in [0.1, 0.15) is 10.8 Å². The zero-order valence-electron chi connectivity index (χ0n) is 9.56. The summed E-state index contributed by atoms with van der Waals surface area (Å²) in [5.74, 6) is 0.762. The summed E-state index contributed by atoms with van der Waals surface area (Å²) in [7, 11) is 0. The molecule has 0 spiro atoms. The van der Waals surface area contributed by atoms with Crippen LogP contribution in [-0.4, -0.2) is 29.2 Å². The lowest BCUT2D eigenvalue weighted by molar-refractivity contribution is 0.141. The van der Waals surface area contributed by atoms with Gasteiger partial charge in [0.25, 0.3) is 0 Å². The Morgan fingerprint density at radius 2 is 2.44 bits per heavy atom. The molecule has 0 radical (unpaired) electrons. The Labute approximate surface area is 101 Å². The van der Waals surface area contributed by atoms with Crippen LogP contribution in [0.4, 0.5) is 5.82 Å². The molecule has 0 bridgehead atoms. The second-order valence-corrected chi connectivity index (χ2v) is 3.94. The van der Waals surface area contributed by atoms with E-state index in [1.54, 1.807) is 12.3 Å². The van der Waals surface area contributed by atoms with Crippen LogP contribution < -0.4 is 11.1 Å². The van der Waals surface area contributed by atoms with E-state index in [0.717, 1.165) is 11.4 Å². The number of hydrogen-bond donors (Lipinski definition) is 2. The molecular formula is C11H17N3OS. The van der Waals surface area contributed by atoms with Gasteiger partial charge < -0.3 is 15.8 Å². The summed E-state index contributed by atoms with van der Waals surface area (Å²) in [6.45, 7) is 5.37. The van der Waals surface area contributed by atoms with Crippen molar-refractivity contribution in [1.82, 2.24) is 4.98 Å². The third kappa shape index (κ3) is 4.12. The van der Waals surface area contributed by atoms with E-state index in [2.05, 4.69) is 10.3 Å². The predicted octanol–water partition coefficient (Wildman–Crippen LogP) is 1.55. The standard InChI is InChI=1S/C11H17N3OS/c1-3-15-7-8(2)14-10-6-9(11(12)16)4-5-13-10/h4-6,8H,3,7H2,1-2H3,(H2,12,16)(H,13,14). The highest BCUT2D eigenvalue weighted by Crippen LogP contribution is 2.08. The lowest BCUT2D eigenvalue weighted by atomic mass is 10.2. The molecule has 0 aliphatic carbocycles. The van der Waals surface area contributed by atoms with Crippen LogP contribution in [0.1, 0.15) is 19.4 Å². The summed E-state index contributed by atoms with van der Waals surface area (Å²) in [6, 6.07) is 3.83. The molecule has 3 N–H and O–H groups in total. The van der Waals surface area contributed by atoms with Crippen molar-refractivity contribution in [3.63, 3.8) is 0 Å². The second kappa shape index (κ2) is 6.40. The van der Waals surface area contributed by atoms with Gasteiger partial charge in [-0.05, 0) is 26.0 Å². The van der Waals surface area contributed by atoms with Gasteiger partial charge in [-0.15, -0.1) is 0 Å². The Balaban J connectivity index is 2.59. The molecule has 88 valence electrons. The first-order chi connectivity index (χ1) is 7.63. The van der Waals surface area contributed by atoms with E-state index >= 15 is 0 Å². The molecule has 1 atom stereocenters. The summed E-state index contributed by atoms with van der Waals surface area (Å²) in [5.41, 5.74) is 6.36. The molecule has 0 saturated carbocycles. The molecule has 1 aromatic heterocycles. The fourth-order valence-corrected chi connectivity index (χ4v) is 1.38. The van der Waals surface area contributed by atoms with Gasteiger partial charge in [0.05, 0.1) is 6.61 Å². The molecule has 0 fully saturated rings. The Hall–Kier alpha value is -1.20. The van der Waals surface area contributed by atoms with Gasteiger partial charge in [0, 0.05) is 24.4 Å². The molecule has 1 unspecified atom stereocenters. The van der Waals surface area contributed by atoms with Crippen molar-refractivity contribution in [2.75, 3.05) is 18.5 Å². The topological polar surface area (TPSA) is 60.2 Å². The highest BCUT2D eigenvalue weighted by molar-refractivity contribution is 7.80. The fraction of sp³-hybridized carbons (Fsp3) is 0.455. The molecule has 1 aromatic rings. The van der Waals surface area contributed by atoms with E-state index in [-0.39, 0.29) is 6.04 Å². The number of nitrogens with two attached hydrogens (primary N) is 1. The second-order valence-electron chi connectivity index (χ2n) is 3.50. The minimum Gasteiger partial charge on any atom is -0.389 e. The first-order valence-corrected chi connectivity index (χ1v) is 5.64. The summed E-state index contributed by atoms with van der Waals surface area (Å²) in [5, 5.41) is 3.22. The smallest absolute Gasteiger partial charge is 0.126 e. The number of hydrogen-bond acceptors (Lipinski definition) is 4. The average molecular weight is 239 g/mol. The number of rotatable bonds is 6. The largest absolute Gasteiger partial charge is 0.389 e. The molecule has 4 nitrogen and oxygen atoms in total. The number of ether oxygens (including phenoxy) is 1. The summed E-state index contributed by atoms with van der Waals surface area (Å²) in [4.78, 5) is 4.57. The van der Waals surface area contributed by atoms with Gasteiger partial charge in [0.2, 0.25) is 0 Å². The quantitative estimate of drug-likeness (QED) is 0.738. The van der Waals surface area contributed by atoms with E-state index in [9.17, 15) is 0 Å². The van der Waals surface area contributed by atoms with Gasteiger partial charge >= 0.3 is 0 Å². The molecule has 1 heterocycles. The van der Waals surface area contributed by atoms with Gasteiger partial charge in [-0.2, -0.15) is 0 Å². The maximum atomic E-state index is 5.54. The van der Waals surface area contributed by atoms with Crippen LogP contribution in [0.3, 0.4) is 0 Å². The Morgan fingerprint density at radius 1 is 1.69 bits per heavy atom. The van der Waals surface area contributed by atoms with E-state index in [1.165, 1.54) is 0 Å². The third-order valence-electron chi connectivity index (χ3n) is 2.01. The lowest BCUT2D eigenvalue weighted by Gasteiger charge is -2.14. The van der Waals surface area contributed by atoms with Crippen LogP contribution in [0.5, 0.6) is 0 Å². The zero-order chi connectivity index (χ0) is 12.0. The van der Waals surface area contributed by atoms with Gasteiger partial charge in [-0.3, -0.25) is 0 Å². The van der Waals surface area contributed by atoms with E-state index in [4.69, 9.17) is 22.7 Å². The molecule has 0 saturated heterocycles. The van der Waals surface area contributed by atoms with Crippen LogP contribution in [0.2, 0.25) is 0 Å². The van der Waals surface area contributed by atoms with E-state index in [1.807, 2.05) is 19.9 Å². The van der Waals surface area contributed by atoms with E-state index in [0.29, 0.717) is 18.2 Å². The number of nitrogens with zero attached hydrogens (tertiary/aromatic N) is 1. The van der Waals surface area contributed by atoms with Crippen molar-refractivity contribution in [2.24, 2.45) is 5.73 Å². The van der Waals surface area contributed by atoms with Crippen LogP contribution in [0.25, 0.3) is 0 Å². The maximum Gasteiger partial charge on any atom is 0.126 e. The van der Waals surface area contributed by atoms with Crippen molar-refractivity contribution in [1.29, 1.82) is 0 Å². The summed E-state index contributed by atoms with van der Waals surface area (Å²) in [6.07, 6.45) is 1.68. The first-order valence-electron chi connectivity index (χ1n) is 5.23. The number of thiocarbonyl (C=S) groups is 1. The predicted molar refractivity (Wildman–Crippen MR) is 69.7 cm³/mol. The van der Waals surface area contributed by atoms with Gasteiger partial charge in [-0.25, -0.2) is 4.98 Å². The van der Waals surface area contributed by atoms with Crippen molar-refractivity contribution in [3.8, 4) is 0 Å². The SMILES string of the molecule is CCOCC(C)Nc1cc(C(N)=S)ccn1. The van der Waals surface area contributed by atoms with E-state index < -0.39 is 0 Å². The Kier molecular flexibility index (Phi) is 5.14. The maximum absolute atomic E-state index is 5.54. The van der Waals surface area contributed by atoms with Crippen LogP contribution in [0, 0.1) is 0 Å². The number of anilines is 1. The Bertz CT molecular complexity index is 357. The van der Waals surface area contributed by atoms with Crippen LogP contribution in [0.15, 0.2) is 18.3 Å².